The second-order valence-corrected chi connectivity index (χ2v) is 7.49. The number of rotatable bonds is 8. The molecule has 1 heterocycles. The number of nitrogens with one attached hydrogen (secondary N) is 1. The quantitative estimate of drug-likeness (QED) is 0.390. The molecule has 0 radical (unpaired) electrons. The van der Waals surface area contributed by atoms with Gasteiger partial charge in [0.05, 0.1) is 11.5 Å². The van der Waals surface area contributed by atoms with Gasteiger partial charge in [0.25, 0.3) is 0 Å². The van der Waals surface area contributed by atoms with E-state index in [2.05, 4.69) is 33.9 Å². The van der Waals surface area contributed by atoms with Crippen LogP contribution in [0.3, 0.4) is 0 Å². The average molecular weight is 390 g/mol. The molecule has 27 heavy (non-hydrogen) atoms. The maximum Gasteiger partial charge on any atom is 0.225 e. The Hall–Kier alpha value is -2.15. The Morgan fingerprint density at radius 1 is 1.52 bits per heavy atom. The van der Waals surface area contributed by atoms with E-state index in [1.165, 1.54) is 0 Å². The summed E-state index contributed by atoms with van der Waals surface area (Å²) in [4.78, 5) is 20.8. The van der Waals surface area contributed by atoms with Gasteiger partial charge in [-0.05, 0) is 45.1 Å². The van der Waals surface area contributed by atoms with Crippen LogP contribution >= 0.6 is 11.8 Å². The molecule has 1 N–H and O–H groups in total. The van der Waals surface area contributed by atoms with Crippen molar-refractivity contribution >= 4 is 34.6 Å². The normalized spacial score (nSPS) is 19.3. The summed E-state index contributed by atoms with van der Waals surface area (Å²) in [6.45, 7) is 13.9. The van der Waals surface area contributed by atoms with Gasteiger partial charge in [-0.1, -0.05) is 25.7 Å². The summed E-state index contributed by atoms with van der Waals surface area (Å²) in [5, 5.41) is 10.0. The summed E-state index contributed by atoms with van der Waals surface area (Å²) in [7, 11) is 1.76. The summed E-state index contributed by atoms with van der Waals surface area (Å²) < 4.78 is 0. The van der Waals surface area contributed by atoms with Crippen LogP contribution in [0, 0.1) is 0 Å². The summed E-state index contributed by atoms with van der Waals surface area (Å²) in [6.07, 6.45) is 7.56. The van der Waals surface area contributed by atoms with E-state index in [0.29, 0.717) is 0 Å². The fourth-order valence-electron chi connectivity index (χ4n) is 2.58. The molecule has 0 bridgehead atoms. The van der Waals surface area contributed by atoms with Crippen LogP contribution in [-0.2, 0) is 4.79 Å². The SMILES string of the molecule is C=C(/C=C\C(C)NC(=O)C/C=N\N1C(C)=CC(C)=NC1C)/C(=N/C)SCC. The zero-order chi connectivity index (χ0) is 20.4. The highest BCUT2D eigenvalue weighted by atomic mass is 32.2. The van der Waals surface area contributed by atoms with Gasteiger partial charge in [-0.3, -0.25) is 14.8 Å². The van der Waals surface area contributed by atoms with Crippen LogP contribution in [-0.4, -0.2) is 52.9 Å². The molecule has 7 heteroatoms. The highest BCUT2D eigenvalue weighted by Gasteiger charge is 2.16. The molecule has 148 valence electrons. The monoisotopic (exact) mass is 389 g/mol. The van der Waals surface area contributed by atoms with E-state index in [1.807, 2.05) is 50.9 Å². The molecule has 0 saturated carbocycles. The highest BCUT2D eigenvalue weighted by molar-refractivity contribution is 8.14. The fraction of sp³-hybridized carbons (Fsp3) is 0.500. The maximum absolute atomic E-state index is 12.1. The Balaban J connectivity index is 2.49. The van der Waals surface area contributed by atoms with Gasteiger partial charge in [0, 0.05) is 30.7 Å². The molecule has 2 unspecified atom stereocenters. The predicted molar refractivity (Wildman–Crippen MR) is 119 cm³/mol. The molecule has 1 rings (SSSR count). The lowest BCUT2D eigenvalue weighted by Crippen LogP contribution is -2.32. The van der Waals surface area contributed by atoms with E-state index < -0.39 is 0 Å². The van der Waals surface area contributed by atoms with E-state index >= 15 is 0 Å². The van der Waals surface area contributed by atoms with Crippen molar-refractivity contribution in [3.8, 4) is 0 Å². The number of carbonyl (C=O) groups is 1. The van der Waals surface area contributed by atoms with E-state index in [0.717, 1.165) is 27.8 Å². The second kappa shape index (κ2) is 11.5. The van der Waals surface area contributed by atoms with E-state index in [1.54, 1.807) is 25.0 Å². The van der Waals surface area contributed by atoms with Crippen molar-refractivity contribution in [2.24, 2.45) is 15.1 Å². The second-order valence-electron chi connectivity index (χ2n) is 6.24. The lowest BCUT2D eigenvalue weighted by Gasteiger charge is -2.27. The number of thioether (sulfide) groups is 1. The standard InChI is InChI=1S/C20H31N5OS/c1-8-27-20(21-7)14(2)9-10-15(3)24-19(26)11-12-22-25-17(5)13-16(4)23-18(25)6/h9-10,12-13,15,18H,2,8,11H2,1,3-7H3,(H,24,26)/b10-9-,21-20-,22-12-. The highest BCUT2D eigenvalue weighted by Crippen LogP contribution is 2.16. The number of allylic oxidation sites excluding steroid dienone is 3. The molecular formula is C20H31N5OS. The van der Waals surface area contributed by atoms with Crippen molar-refractivity contribution in [2.45, 2.75) is 53.2 Å². The Bertz CT molecular complexity index is 690. The molecule has 0 aromatic heterocycles. The van der Waals surface area contributed by atoms with Gasteiger partial charge in [-0.2, -0.15) is 5.10 Å². The first-order valence-electron chi connectivity index (χ1n) is 9.09. The minimum absolute atomic E-state index is 0.0578. The molecule has 0 fully saturated rings. The van der Waals surface area contributed by atoms with Gasteiger partial charge in [-0.25, -0.2) is 5.01 Å². The average Bonchev–Trinajstić information content (AvgIpc) is 2.59. The number of carbonyl (C=O) groups excluding carboxylic acids is 1. The minimum Gasteiger partial charge on any atom is -0.350 e. The Kier molecular flexibility index (Phi) is 9.78. The lowest BCUT2D eigenvalue weighted by atomic mass is 10.2. The topological polar surface area (TPSA) is 69.4 Å². The van der Waals surface area contributed by atoms with Crippen molar-refractivity contribution in [3.63, 3.8) is 0 Å². The van der Waals surface area contributed by atoms with Crippen molar-refractivity contribution in [3.05, 3.63) is 36.1 Å². The van der Waals surface area contributed by atoms with Crippen molar-refractivity contribution < 1.29 is 4.79 Å². The maximum atomic E-state index is 12.1. The van der Waals surface area contributed by atoms with Crippen LogP contribution in [0.5, 0.6) is 0 Å². The van der Waals surface area contributed by atoms with E-state index in [9.17, 15) is 4.79 Å². The third-order valence-electron chi connectivity index (χ3n) is 3.74. The van der Waals surface area contributed by atoms with Crippen LogP contribution in [0.1, 0.15) is 41.0 Å². The zero-order valence-electron chi connectivity index (χ0n) is 17.2. The Morgan fingerprint density at radius 3 is 2.81 bits per heavy atom. The Labute approximate surface area is 167 Å². The van der Waals surface area contributed by atoms with Crippen LogP contribution in [0.4, 0.5) is 0 Å². The molecule has 2 atom stereocenters. The van der Waals surface area contributed by atoms with Crippen LogP contribution in [0.2, 0.25) is 0 Å². The van der Waals surface area contributed by atoms with Crippen LogP contribution < -0.4 is 5.32 Å². The summed E-state index contributed by atoms with van der Waals surface area (Å²) in [6, 6.07) is -0.102. The van der Waals surface area contributed by atoms with Gasteiger partial charge >= 0.3 is 0 Å². The van der Waals surface area contributed by atoms with Crippen molar-refractivity contribution in [1.82, 2.24) is 10.3 Å². The molecule has 0 aromatic carbocycles. The fourth-order valence-corrected chi connectivity index (χ4v) is 3.24. The predicted octanol–water partition coefficient (Wildman–Crippen LogP) is 3.79. The summed E-state index contributed by atoms with van der Waals surface area (Å²) in [5.41, 5.74) is 2.85. The first kappa shape index (κ1) is 22.9. The van der Waals surface area contributed by atoms with Crippen LogP contribution in [0.25, 0.3) is 0 Å². The molecule has 0 spiro atoms. The third-order valence-corrected chi connectivity index (χ3v) is 4.75. The zero-order valence-corrected chi connectivity index (χ0v) is 18.0. The van der Waals surface area contributed by atoms with Gasteiger partial charge < -0.3 is 5.32 Å². The molecule has 1 aliphatic heterocycles. The largest absolute Gasteiger partial charge is 0.350 e. The molecule has 0 saturated heterocycles. The third kappa shape index (κ3) is 7.95. The molecule has 0 aliphatic carbocycles. The Morgan fingerprint density at radius 2 is 2.22 bits per heavy atom. The number of hydrazone groups is 1. The van der Waals surface area contributed by atoms with Crippen LogP contribution in [0.15, 0.2) is 51.2 Å². The smallest absolute Gasteiger partial charge is 0.225 e. The number of nitrogens with zero attached hydrogens (tertiary/aromatic N) is 4. The van der Waals surface area contributed by atoms with Crippen molar-refractivity contribution in [2.75, 3.05) is 12.8 Å². The van der Waals surface area contributed by atoms with E-state index in [-0.39, 0.29) is 24.5 Å². The van der Waals surface area contributed by atoms with Gasteiger partial charge in [0.1, 0.15) is 6.17 Å². The van der Waals surface area contributed by atoms with Gasteiger partial charge in [0.15, 0.2) is 0 Å². The minimum atomic E-state index is -0.102. The van der Waals surface area contributed by atoms with Gasteiger partial charge in [-0.15, -0.1) is 11.8 Å². The number of hydrogen-bond acceptors (Lipinski definition) is 6. The first-order valence-corrected chi connectivity index (χ1v) is 10.1. The molecule has 6 nitrogen and oxygen atoms in total. The lowest BCUT2D eigenvalue weighted by molar-refractivity contribution is -0.120. The molecular weight excluding hydrogens is 358 g/mol. The van der Waals surface area contributed by atoms with E-state index in [4.69, 9.17) is 0 Å². The first-order chi connectivity index (χ1) is 12.8. The summed E-state index contributed by atoms with van der Waals surface area (Å²) >= 11 is 1.65. The summed E-state index contributed by atoms with van der Waals surface area (Å²) in [5.74, 6) is 0.861. The number of amides is 1. The number of hydrogen-bond donors (Lipinski definition) is 1. The van der Waals surface area contributed by atoms with Gasteiger partial charge in [0.2, 0.25) is 5.91 Å². The molecule has 0 aromatic rings. The molecule has 1 amide bonds. The number of aliphatic imine (C=N–C) groups is 2. The molecule has 1 aliphatic rings. The van der Waals surface area contributed by atoms with Crippen molar-refractivity contribution in [1.29, 1.82) is 0 Å².